The molecule has 0 atom stereocenters. The van der Waals surface area contributed by atoms with Crippen molar-refractivity contribution in [2.24, 2.45) is 11.7 Å². The van der Waals surface area contributed by atoms with Gasteiger partial charge in [0.2, 0.25) is 17.8 Å². The van der Waals surface area contributed by atoms with Gasteiger partial charge in [-0.25, -0.2) is 9.97 Å². The van der Waals surface area contributed by atoms with E-state index in [1.165, 1.54) is 0 Å². The molecule has 186 valence electrons. The predicted octanol–water partition coefficient (Wildman–Crippen LogP) is 5.45. The molecule has 5 rings (SSSR count). The van der Waals surface area contributed by atoms with E-state index in [1.807, 2.05) is 0 Å². The highest BCUT2D eigenvalue weighted by atomic mass is 79.9. The van der Waals surface area contributed by atoms with Gasteiger partial charge in [-0.05, 0) is 50.7 Å². The fourth-order valence-electron chi connectivity index (χ4n) is 4.81. The number of anilines is 3. The van der Waals surface area contributed by atoms with Crippen molar-refractivity contribution in [1.82, 2.24) is 19.5 Å². The van der Waals surface area contributed by atoms with Gasteiger partial charge in [0.15, 0.2) is 5.65 Å². The molecule has 35 heavy (non-hydrogen) atoms. The van der Waals surface area contributed by atoms with Crippen molar-refractivity contribution >= 4 is 73.8 Å². The minimum absolute atomic E-state index is 0.0805. The van der Waals surface area contributed by atoms with E-state index < -0.39 is 0 Å². The lowest BCUT2D eigenvalue weighted by Gasteiger charge is -2.29. The van der Waals surface area contributed by atoms with Crippen molar-refractivity contribution in [3.8, 4) is 0 Å². The average molecular weight is 583 g/mol. The summed E-state index contributed by atoms with van der Waals surface area (Å²) in [6, 6.07) is 3.89. The third-order valence-corrected chi connectivity index (χ3v) is 7.75. The lowest BCUT2D eigenvalue weighted by atomic mass is 9.85. The van der Waals surface area contributed by atoms with Crippen molar-refractivity contribution in [2.45, 2.75) is 50.6 Å². The first-order chi connectivity index (χ1) is 16.9. The van der Waals surface area contributed by atoms with Gasteiger partial charge in [-0.15, -0.1) is 0 Å². The number of fused-ring (bicyclic) bond motifs is 1. The number of halogens is 3. The topological polar surface area (TPSA) is 120 Å². The van der Waals surface area contributed by atoms with Crippen LogP contribution in [0.25, 0.3) is 11.2 Å². The van der Waals surface area contributed by atoms with Crippen LogP contribution < -0.4 is 16.4 Å². The number of carbonyl (C=O) groups is 1. The van der Waals surface area contributed by atoms with E-state index >= 15 is 0 Å². The number of nitrogens with two attached hydrogens (primary N) is 1. The number of ether oxygens (including phenoxy) is 1. The average Bonchev–Trinajstić information content (AvgIpc) is 3.19. The Morgan fingerprint density at radius 2 is 1.77 bits per heavy atom. The minimum Gasteiger partial charge on any atom is -0.381 e. The van der Waals surface area contributed by atoms with Gasteiger partial charge in [-0.3, -0.25) is 9.36 Å². The van der Waals surface area contributed by atoms with Crippen LogP contribution in [0.5, 0.6) is 0 Å². The van der Waals surface area contributed by atoms with Crippen LogP contribution >= 0.6 is 39.1 Å². The Morgan fingerprint density at radius 3 is 2.43 bits per heavy atom. The molecule has 2 fully saturated rings. The van der Waals surface area contributed by atoms with Gasteiger partial charge in [0.1, 0.15) is 5.52 Å². The summed E-state index contributed by atoms with van der Waals surface area (Å²) < 4.78 is 8.32. The molecule has 0 unspecified atom stereocenters. The predicted molar refractivity (Wildman–Crippen MR) is 140 cm³/mol. The number of rotatable bonds is 6. The standard InChI is InChI=1S/C23H26BrCl2N7O2/c24-13-9-16(25)19(17(26)10-13)31-23-30-18-11-28-22(29-14-5-7-35-8-6-14)32-21(18)33(23)15-3-1-12(2-4-15)20(27)34/h9-12,14-15H,1-8H2,(H2,27,34)(H,30,31)(H,28,29,32). The highest BCUT2D eigenvalue weighted by molar-refractivity contribution is 9.10. The van der Waals surface area contributed by atoms with Crippen LogP contribution in [0.4, 0.5) is 17.6 Å². The summed E-state index contributed by atoms with van der Waals surface area (Å²) in [4.78, 5) is 25.9. The van der Waals surface area contributed by atoms with E-state index in [4.69, 9.17) is 43.6 Å². The molecule has 0 radical (unpaired) electrons. The van der Waals surface area contributed by atoms with Crippen LogP contribution in [0.3, 0.4) is 0 Å². The van der Waals surface area contributed by atoms with Crippen molar-refractivity contribution < 1.29 is 9.53 Å². The number of aromatic nitrogens is 4. The number of amides is 1. The van der Waals surface area contributed by atoms with Crippen LogP contribution in [0.1, 0.15) is 44.6 Å². The van der Waals surface area contributed by atoms with Gasteiger partial charge < -0.3 is 21.1 Å². The second-order valence-corrected chi connectivity index (χ2v) is 10.7. The van der Waals surface area contributed by atoms with E-state index in [2.05, 4.69) is 36.1 Å². The van der Waals surface area contributed by atoms with Gasteiger partial charge in [0.25, 0.3) is 0 Å². The van der Waals surface area contributed by atoms with Crippen molar-refractivity contribution in [1.29, 1.82) is 0 Å². The molecule has 1 amide bonds. The smallest absolute Gasteiger partial charge is 0.224 e. The largest absolute Gasteiger partial charge is 0.381 e. The summed E-state index contributed by atoms with van der Waals surface area (Å²) in [5.41, 5.74) is 7.50. The molecule has 2 aromatic heterocycles. The summed E-state index contributed by atoms with van der Waals surface area (Å²) >= 11 is 16.4. The Kier molecular flexibility index (Phi) is 7.34. The molecular formula is C23H26BrCl2N7O2. The number of nitrogens with one attached hydrogen (secondary N) is 2. The molecule has 3 aromatic rings. The number of imidazole rings is 1. The molecule has 1 aliphatic heterocycles. The van der Waals surface area contributed by atoms with E-state index in [0.717, 1.165) is 56.2 Å². The first-order valence-corrected chi connectivity index (χ1v) is 13.2. The van der Waals surface area contributed by atoms with Gasteiger partial charge in [0, 0.05) is 35.7 Å². The Balaban J connectivity index is 1.52. The van der Waals surface area contributed by atoms with Crippen molar-refractivity contribution in [3.63, 3.8) is 0 Å². The summed E-state index contributed by atoms with van der Waals surface area (Å²) in [7, 11) is 0. The maximum absolute atomic E-state index is 11.7. The van der Waals surface area contributed by atoms with Gasteiger partial charge in [0.05, 0.1) is 21.9 Å². The molecular weight excluding hydrogens is 557 g/mol. The van der Waals surface area contributed by atoms with Crippen LogP contribution in [0.15, 0.2) is 22.8 Å². The molecule has 1 aliphatic carbocycles. The zero-order chi connectivity index (χ0) is 24.5. The molecule has 0 bridgehead atoms. The van der Waals surface area contributed by atoms with Crippen molar-refractivity contribution in [2.75, 3.05) is 23.8 Å². The molecule has 3 heterocycles. The Labute approximate surface area is 221 Å². The quantitative estimate of drug-likeness (QED) is 0.353. The second kappa shape index (κ2) is 10.5. The van der Waals surface area contributed by atoms with Gasteiger partial charge in [-0.2, -0.15) is 4.98 Å². The van der Waals surface area contributed by atoms with E-state index in [1.54, 1.807) is 18.3 Å². The molecule has 9 nitrogen and oxygen atoms in total. The second-order valence-electron chi connectivity index (χ2n) is 9.02. The van der Waals surface area contributed by atoms with Crippen LogP contribution in [0.2, 0.25) is 10.0 Å². The third kappa shape index (κ3) is 5.35. The number of primary amides is 1. The van der Waals surface area contributed by atoms with Gasteiger partial charge in [-0.1, -0.05) is 39.1 Å². The summed E-state index contributed by atoms with van der Waals surface area (Å²) in [6.07, 6.45) is 6.54. The third-order valence-electron chi connectivity index (χ3n) is 6.70. The van der Waals surface area contributed by atoms with E-state index in [9.17, 15) is 4.79 Å². The maximum atomic E-state index is 11.7. The molecule has 4 N–H and O–H groups in total. The lowest BCUT2D eigenvalue weighted by Crippen LogP contribution is -2.29. The zero-order valence-electron chi connectivity index (χ0n) is 18.9. The van der Waals surface area contributed by atoms with Gasteiger partial charge >= 0.3 is 0 Å². The van der Waals surface area contributed by atoms with E-state index in [-0.39, 0.29) is 23.9 Å². The van der Waals surface area contributed by atoms with Crippen LogP contribution in [-0.2, 0) is 9.53 Å². The Bertz CT molecular complexity index is 1220. The fraction of sp³-hybridized carbons (Fsp3) is 0.478. The maximum Gasteiger partial charge on any atom is 0.224 e. The number of carbonyl (C=O) groups excluding carboxylic acids is 1. The summed E-state index contributed by atoms with van der Waals surface area (Å²) in [6.45, 7) is 1.45. The highest BCUT2D eigenvalue weighted by Gasteiger charge is 2.29. The number of hydrogen-bond acceptors (Lipinski definition) is 7. The SMILES string of the molecule is NC(=O)C1CCC(n2c(Nc3c(Cl)cc(Br)cc3Cl)nc3cnc(NC4CCOCC4)nc32)CC1. The first kappa shape index (κ1) is 24.5. The zero-order valence-corrected chi connectivity index (χ0v) is 22.0. The Morgan fingerprint density at radius 1 is 1.09 bits per heavy atom. The lowest BCUT2D eigenvalue weighted by molar-refractivity contribution is -0.122. The number of nitrogens with zero attached hydrogens (tertiary/aromatic N) is 4. The van der Waals surface area contributed by atoms with E-state index in [0.29, 0.717) is 38.8 Å². The minimum atomic E-state index is -0.240. The summed E-state index contributed by atoms with van der Waals surface area (Å²) in [5, 5.41) is 7.70. The fourth-order valence-corrected chi connectivity index (χ4v) is 6.11. The molecule has 1 aromatic carbocycles. The normalized spacial score (nSPS) is 21.2. The number of benzene rings is 1. The molecule has 1 saturated carbocycles. The monoisotopic (exact) mass is 581 g/mol. The molecule has 1 saturated heterocycles. The van der Waals surface area contributed by atoms with Crippen LogP contribution in [-0.4, -0.2) is 44.7 Å². The molecule has 12 heteroatoms. The van der Waals surface area contributed by atoms with Crippen LogP contribution in [0, 0.1) is 5.92 Å². The first-order valence-electron chi connectivity index (χ1n) is 11.7. The summed E-state index contributed by atoms with van der Waals surface area (Å²) in [5.74, 6) is 0.790. The molecule has 2 aliphatic rings. The van der Waals surface area contributed by atoms with Crippen molar-refractivity contribution in [3.05, 3.63) is 32.8 Å². The molecule has 0 spiro atoms. The highest BCUT2D eigenvalue weighted by Crippen LogP contribution is 2.40. The number of hydrogen-bond donors (Lipinski definition) is 3. The Hall–Kier alpha value is -2.14.